The first-order valence-corrected chi connectivity index (χ1v) is 12.5. The molecule has 0 heterocycles. The van der Waals surface area contributed by atoms with Crippen LogP contribution in [-0.4, -0.2) is 31.4 Å². The third kappa shape index (κ3) is 12.5. The highest BCUT2D eigenvalue weighted by Crippen LogP contribution is 2.65. The lowest BCUT2D eigenvalue weighted by Gasteiger charge is -2.20. The van der Waals surface area contributed by atoms with Crippen LogP contribution in [-0.2, 0) is 25.6 Å². The van der Waals surface area contributed by atoms with Crippen LogP contribution in [0.5, 0.6) is 0 Å². The molecule has 0 saturated heterocycles. The second-order valence-electron chi connectivity index (χ2n) is 4.20. The third-order valence-electron chi connectivity index (χ3n) is 2.20. The highest BCUT2D eigenvalue weighted by Gasteiger charge is 2.20. The van der Waals surface area contributed by atoms with Gasteiger partial charge in [-0.15, -0.1) is 0 Å². The van der Waals surface area contributed by atoms with Crippen molar-refractivity contribution >= 4 is 44.6 Å². The number of amides is 1. The topological polar surface area (TPSA) is 47.6 Å². The Morgan fingerprint density at radius 3 is 2.20 bits per heavy atom. The van der Waals surface area contributed by atoms with Gasteiger partial charge in [-0.05, 0) is 35.1 Å². The molecule has 0 saturated carbocycles. The number of rotatable bonds is 13. The van der Waals surface area contributed by atoms with E-state index in [1.165, 1.54) is 17.3 Å². The van der Waals surface area contributed by atoms with Gasteiger partial charge in [-0.2, -0.15) is 0 Å². The first kappa shape index (κ1) is 20.7. The largest absolute Gasteiger partial charge is 0.355 e. The second-order valence-corrected chi connectivity index (χ2v) is 12.5. The minimum absolute atomic E-state index is 0.00609. The van der Waals surface area contributed by atoms with Crippen molar-refractivity contribution in [3.05, 3.63) is 0 Å². The summed E-state index contributed by atoms with van der Waals surface area (Å²) in [6, 6.07) is 0. The normalized spacial score (nSPS) is 11.6. The molecule has 20 heavy (non-hydrogen) atoms. The van der Waals surface area contributed by atoms with Gasteiger partial charge in [0.1, 0.15) is 0 Å². The Morgan fingerprint density at radius 2 is 1.75 bits per heavy atom. The van der Waals surface area contributed by atoms with Crippen LogP contribution in [0.15, 0.2) is 0 Å². The molecule has 0 bridgehead atoms. The van der Waals surface area contributed by atoms with E-state index in [9.17, 15) is 4.79 Å². The van der Waals surface area contributed by atoms with Crippen molar-refractivity contribution in [3.63, 3.8) is 0 Å². The number of carbonyl (C=O) groups is 1. The quantitative estimate of drug-likeness (QED) is 0.299. The van der Waals surface area contributed by atoms with Gasteiger partial charge in [-0.25, -0.2) is 0 Å². The molecular formula is C12H26NO3PS3. The number of nitrogens with one attached hydrogen (secondary N) is 1. The summed E-state index contributed by atoms with van der Waals surface area (Å²) in [4.78, 5) is 10.8. The Balaban J connectivity index is 4.02. The summed E-state index contributed by atoms with van der Waals surface area (Å²) >= 11 is 5.55. The Hall–Kier alpha value is 0.740. The van der Waals surface area contributed by atoms with E-state index in [0.29, 0.717) is 19.8 Å². The van der Waals surface area contributed by atoms with Crippen molar-refractivity contribution in [2.45, 2.75) is 46.5 Å². The molecule has 0 aliphatic rings. The molecule has 0 atom stereocenters. The van der Waals surface area contributed by atoms with E-state index < -0.39 is 5.69 Å². The standard InChI is InChI=1S/C12H26NO3PS3/c1-4-6-9-15-17(18,16-10-7-5-2)20-19-11-8-13-12(3)14/h4-11H2,1-3H3,(H,13,14). The minimum Gasteiger partial charge on any atom is -0.355 e. The summed E-state index contributed by atoms with van der Waals surface area (Å²) < 4.78 is 11.6. The predicted octanol–water partition coefficient (Wildman–Crippen LogP) is 4.36. The molecule has 0 fully saturated rings. The number of carbonyl (C=O) groups excluding carboxylic acids is 1. The zero-order valence-electron chi connectivity index (χ0n) is 12.6. The lowest BCUT2D eigenvalue weighted by molar-refractivity contribution is -0.118. The van der Waals surface area contributed by atoms with Crippen LogP contribution in [0.25, 0.3) is 0 Å². The van der Waals surface area contributed by atoms with Crippen molar-refractivity contribution in [1.29, 1.82) is 0 Å². The summed E-state index contributed by atoms with van der Waals surface area (Å²) in [5.74, 6) is 0.796. The van der Waals surface area contributed by atoms with E-state index in [0.717, 1.165) is 31.4 Å². The molecule has 0 aromatic rings. The lowest BCUT2D eigenvalue weighted by atomic mass is 10.4. The first-order chi connectivity index (χ1) is 9.54. The van der Waals surface area contributed by atoms with Crippen LogP contribution >= 0.6 is 26.9 Å². The molecular weight excluding hydrogens is 333 g/mol. The van der Waals surface area contributed by atoms with E-state index in [1.807, 2.05) is 0 Å². The van der Waals surface area contributed by atoms with Crippen molar-refractivity contribution in [2.75, 3.05) is 25.5 Å². The maximum Gasteiger partial charge on any atom is 0.257 e. The maximum atomic E-state index is 10.8. The van der Waals surface area contributed by atoms with Gasteiger partial charge in [-0.1, -0.05) is 37.5 Å². The van der Waals surface area contributed by atoms with Gasteiger partial charge in [0.25, 0.3) is 5.69 Å². The van der Waals surface area contributed by atoms with E-state index >= 15 is 0 Å². The smallest absolute Gasteiger partial charge is 0.257 e. The summed E-state index contributed by atoms with van der Waals surface area (Å²) in [6.45, 7) is 7.74. The van der Waals surface area contributed by atoms with Crippen LogP contribution in [0.3, 0.4) is 0 Å². The van der Waals surface area contributed by atoms with Gasteiger partial charge in [0, 0.05) is 19.2 Å². The zero-order valence-corrected chi connectivity index (χ0v) is 15.9. The number of unbranched alkanes of at least 4 members (excludes halogenated alkanes) is 2. The van der Waals surface area contributed by atoms with Crippen molar-refractivity contribution < 1.29 is 13.8 Å². The van der Waals surface area contributed by atoms with Gasteiger partial charge in [0.15, 0.2) is 0 Å². The van der Waals surface area contributed by atoms with Gasteiger partial charge >= 0.3 is 0 Å². The average Bonchev–Trinajstić information content (AvgIpc) is 2.39. The Kier molecular flexibility index (Phi) is 13.9. The van der Waals surface area contributed by atoms with Crippen molar-refractivity contribution in [1.82, 2.24) is 5.32 Å². The summed E-state index contributed by atoms with van der Waals surface area (Å²) in [7, 11) is 3.14. The second kappa shape index (κ2) is 13.4. The molecule has 8 heteroatoms. The Labute approximate surface area is 135 Å². The van der Waals surface area contributed by atoms with Crippen LogP contribution in [0.1, 0.15) is 46.5 Å². The summed E-state index contributed by atoms with van der Waals surface area (Å²) in [6.07, 6.45) is 4.19. The average molecular weight is 360 g/mol. The molecule has 0 aromatic heterocycles. The monoisotopic (exact) mass is 359 g/mol. The highest BCUT2D eigenvalue weighted by molar-refractivity contribution is 9.03. The molecule has 1 N–H and O–H groups in total. The molecule has 0 unspecified atom stereocenters. The molecule has 0 radical (unpaired) electrons. The fraction of sp³-hybridized carbons (Fsp3) is 0.917. The molecule has 1 amide bonds. The zero-order chi connectivity index (χ0) is 15.3. The summed E-state index contributed by atoms with van der Waals surface area (Å²) in [5.41, 5.74) is -2.24. The minimum atomic E-state index is -2.24. The summed E-state index contributed by atoms with van der Waals surface area (Å²) in [5, 5.41) is 2.76. The number of hydrogen-bond acceptors (Lipinski definition) is 6. The SMILES string of the molecule is CCCCOP(=S)(OCCCC)SSCCNC(C)=O. The van der Waals surface area contributed by atoms with Crippen LogP contribution in [0.4, 0.5) is 0 Å². The molecule has 0 aliphatic heterocycles. The fourth-order valence-electron chi connectivity index (χ4n) is 1.09. The Bertz CT molecular complexity index is 292. The van der Waals surface area contributed by atoms with Crippen molar-refractivity contribution in [2.24, 2.45) is 0 Å². The van der Waals surface area contributed by atoms with Gasteiger partial charge < -0.3 is 14.4 Å². The lowest BCUT2D eigenvalue weighted by Crippen LogP contribution is -2.22. The molecule has 120 valence electrons. The van der Waals surface area contributed by atoms with E-state index in [2.05, 4.69) is 19.2 Å². The molecule has 0 spiro atoms. The van der Waals surface area contributed by atoms with E-state index in [4.69, 9.17) is 20.9 Å². The molecule has 4 nitrogen and oxygen atoms in total. The fourth-order valence-corrected chi connectivity index (χ4v) is 8.13. The van der Waals surface area contributed by atoms with E-state index in [1.54, 1.807) is 10.8 Å². The third-order valence-corrected chi connectivity index (χ3v) is 10.7. The van der Waals surface area contributed by atoms with Crippen LogP contribution in [0, 0.1) is 0 Å². The molecule has 0 aromatic carbocycles. The molecule has 0 rings (SSSR count). The first-order valence-electron chi connectivity index (χ1n) is 6.98. The number of hydrogen-bond donors (Lipinski definition) is 1. The predicted molar refractivity (Wildman–Crippen MR) is 94.7 cm³/mol. The van der Waals surface area contributed by atoms with E-state index in [-0.39, 0.29) is 5.91 Å². The highest BCUT2D eigenvalue weighted by atomic mass is 33.4. The van der Waals surface area contributed by atoms with Crippen LogP contribution in [0.2, 0.25) is 0 Å². The van der Waals surface area contributed by atoms with Crippen LogP contribution < -0.4 is 5.32 Å². The van der Waals surface area contributed by atoms with Gasteiger partial charge in [0.2, 0.25) is 5.91 Å². The van der Waals surface area contributed by atoms with Gasteiger partial charge in [0.05, 0.1) is 13.2 Å². The maximum absolute atomic E-state index is 10.8. The van der Waals surface area contributed by atoms with Crippen molar-refractivity contribution in [3.8, 4) is 0 Å². The molecule has 0 aliphatic carbocycles. The Morgan fingerprint density at radius 1 is 1.20 bits per heavy atom. The van der Waals surface area contributed by atoms with Gasteiger partial charge in [-0.3, -0.25) is 4.79 Å².